The quantitative estimate of drug-likeness (QED) is 0.584. The molecule has 0 saturated carbocycles. The molecule has 7 heteroatoms. The number of fused-ring (bicyclic) bond motifs is 5. The predicted octanol–water partition coefficient (Wildman–Crippen LogP) is 2.57. The van der Waals surface area contributed by atoms with Gasteiger partial charge in [-0.15, -0.1) is 16.4 Å². The topological polar surface area (TPSA) is 75.9 Å². The molecular formula is C16H13N5OS. The summed E-state index contributed by atoms with van der Waals surface area (Å²) in [6.45, 7) is 0. The van der Waals surface area contributed by atoms with Crippen LogP contribution in [0.3, 0.4) is 0 Å². The molecule has 114 valence electrons. The zero-order chi connectivity index (χ0) is 15.4. The van der Waals surface area contributed by atoms with Gasteiger partial charge in [-0.25, -0.2) is 9.78 Å². The zero-order valence-electron chi connectivity index (χ0n) is 12.2. The first-order chi connectivity index (χ1) is 11.3. The molecule has 1 aliphatic rings. The summed E-state index contributed by atoms with van der Waals surface area (Å²) in [5.41, 5.74) is 2.56. The molecule has 0 atom stereocenters. The Labute approximate surface area is 134 Å². The van der Waals surface area contributed by atoms with Crippen molar-refractivity contribution in [2.45, 2.75) is 25.7 Å². The van der Waals surface area contributed by atoms with Crippen molar-refractivity contribution in [3.05, 3.63) is 45.5 Å². The summed E-state index contributed by atoms with van der Waals surface area (Å²) in [7, 11) is 0. The van der Waals surface area contributed by atoms with Crippen molar-refractivity contribution in [1.29, 1.82) is 0 Å². The van der Waals surface area contributed by atoms with Crippen LogP contribution in [0, 0.1) is 0 Å². The van der Waals surface area contributed by atoms with Crippen molar-refractivity contribution >= 4 is 27.2 Å². The van der Waals surface area contributed by atoms with E-state index in [2.05, 4.69) is 20.1 Å². The smallest absolute Gasteiger partial charge is 0.297 e. The maximum atomic E-state index is 12.3. The number of nitrogens with one attached hydrogen (secondary N) is 1. The Morgan fingerprint density at radius 3 is 3.04 bits per heavy atom. The summed E-state index contributed by atoms with van der Waals surface area (Å²) < 4.78 is 1.38. The first-order valence-electron chi connectivity index (χ1n) is 7.65. The lowest BCUT2D eigenvalue weighted by atomic mass is 9.97. The fourth-order valence-corrected chi connectivity index (χ4v) is 4.55. The highest BCUT2D eigenvalue weighted by atomic mass is 32.1. The highest BCUT2D eigenvalue weighted by molar-refractivity contribution is 7.19. The minimum Gasteiger partial charge on any atom is -0.297 e. The van der Waals surface area contributed by atoms with Gasteiger partial charge >= 0.3 is 5.69 Å². The van der Waals surface area contributed by atoms with Gasteiger partial charge in [0.15, 0.2) is 11.5 Å². The van der Waals surface area contributed by atoms with Gasteiger partial charge in [0.05, 0.1) is 5.39 Å². The monoisotopic (exact) mass is 323 g/mol. The van der Waals surface area contributed by atoms with Crippen molar-refractivity contribution in [1.82, 2.24) is 24.6 Å². The van der Waals surface area contributed by atoms with Crippen molar-refractivity contribution in [3.8, 4) is 11.4 Å². The summed E-state index contributed by atoms with van der Waals surface area (Å²) in [5.74, 6) is 0.534. The molecule has 0 unspecified atom stereocenters. The van der Waals surface area contributed by atoms with Crippen LogP contribution in [0.4, 0.5) is 0 Å². The lowest BCUT2D eigenvalue weighted by Gasteiger charge is -2.09. The Morgan fingerprint density at radius 1 is 1.26 bits per heavy atom. The third-order valence-electron chi connectivity index (χ3n) is 4.33. The number of hydrogen-bond donors (Lipinski definition) is 1. The summed E-state index contributed by atoms with van der Waals surface area (Å²) in [6, 6.07) is 3.74. The van der Waals surface area contributed by atoms with Crippen LogP contribution in [0.1, 0.15) is 23.3 Å². The number of thiophene rings is 1. The van der Waals surface area contributed by atoms with E-state index in [0.29, 0.717) is 11.5 Å². The van der Waals surface area contributed by atoms with Gasteiger partial charge < -0.3 is 0 Å². The van der Waals surface area contributed by atoms with E-state index in [0.717, 1.165) is 28.6 Å². The first kappa shape index (κ1) is 13.0. The highest BCUT2D eigenvalue weighted by Gasteiger charge is 2.21. The van der Waals surface area contributed by atoms with E-state index in [-0.39, 0.29) is 5.69 Å². The van der Waals surface area contributed by atoms with Crippen LogP contribution in [0.5, 0.6) is 0 Å². The van der Waals surface area contributed by atoms with Crippen LogP contribution in [0.2, 0.25) is 0 Å². The highest BCUT2D eigenvalue weighted by Crippen LogP contribution is 2.36. The minimum absolute atomic E-state index is 0.242. The van der Waals surface area contributed by atoms with Crippen molar-refractivity contribution < 1.29 is 0 Å². The SMILES string of the molecule is O=c1[nH]c2sc3c(c2c2nc(-c4cccnc4)nn12)CCCC3. The van der Waals surface area contributed by atoms with Crippen LogP contribution in [-0.4, -0.2) is 24.6 Å². The second-order valence-electron chi connectivity index (χ2n) is 5.76. The molecule has 5 rings (SSSR count). The maximum Gasteiger partial charge on any atom is 0.349 e. The van der Waals surface area contributed by atoms with Gasteiger partial charge in [0.25, 0.3) is 0 Å². The van der Waals surface area contributed by atoms with Gasteiger partial charge in [0.2, 0.25) is 0 Å². The third-order valence-corrected chi connectivity index (χ3v) is 5.54. The zero-order valence-corrected chi connectivity index (χ0v) is 13.1. The Hall–Kier alpha value is -2.54. The van der Waals surface area contributed by atoms with Gasteiger partial charge in [0, 0.05) is 22.8 Å². The fraction of sp³-hybridized carbons (Fsp3) is 0.250. The van der Waals surface area contributed by atoms with E-state index in [1.54, 1.807) is 23.7 Å². The summed E-state index contributed by atoms with van der Waals surface area (Å²) in [4.78, 5) is 26.4. The van der Waals surface area contributed by atoms with Crippen molar-refractivity contribution in [2.75, 3.05) is 0 Å². The molecular weight excluding hydrogens is 310 g/mol. The molecule has 1 aliphatic carbocycles. The lowest BCUT2D eigenvalue weighted by molar-refractivity contribution is 0.700. The average molecular weight is 323 g/mol. The number of rotatable bonds is 1. The molecule has 0 fully saturated rings. The van der Waals surface area contributed by atoms with Gasteiger partial charge in [-0.1, -0.05) is 0 Å². The van der Waals surface area contributed by atoms with Crippen LogP contribution < -0.4 is 5.69 Å². The molecule has 0 bridgehead atoms. The normalized spacial score (nSPS) is 14.4. The van der Waals surface area contributed by atoms with E-state index >= 15 is 0 Å². The molecule has 0 aromatic carbocycles. The van der Waals surface area contributed by atoms with Gasteiger partial charge in [-0.05, 0) is 43.4 Å². The number of H-pyrrole nitrogens is 1. The molecule has 0 spiro atoms. The molecule has 4 aromatic rings. The molecule has 0 radical (unpaired) electrons. The Kier molecular flexibility index (Phi) is 2.66. The largest absolute Gasteiger partial charge is 0.349 e. The van der Waals surface area contributed by atoms with Crippen LogP contribution >= 0.6 is 11.3 Å². The molecule has 4 heterocycles. The van der Waals surface area contributed by atoms with Crippen LogP contribution in [0.15, 0.2) is 29.3 Å². The lowest BCUT2D eigenvalue weighted by Crippen LogP contribution is -2.17. The van der Waals surface area contributed by atoms with Gasteiger partial charge in [-0.2, -0.15) is 4.52 Å². The number of pyridine rings is 1. The Balaban J connectivity index is 1.87. The Bertz CT molecular complexity index is 1090. The third kappa shape index (κ3) is 1.86. The Morgan fingerprint density at radius 2 is 2.17 bits per heavy atom. The average Bonchev–Trinajstić information content (AvgIpc) is 3.17. The number of aromatic nitrogens is 5. The molecule has 23 heavy (non-hydrogen) atoms. The summed E-state index contributed by atoms with van der Waals surface area (Å²) in [5, 5.41) is 5.45. The van der Waals surface area contributed by atoms with Crippen molar-refractivity contribution in [3.63, 3.8) is 0 Å². The number of nitrogens with zero attached hydrogens (tertiary/aromatic N) is 4. The number of aromatic amines is 1. The number of hydrogen-bond acceptors (Lipinski definition) is 5. The number of aryl methyl sites for hydroxylation is 2. The van der Waals surface area contributed by atoms with E-state index in [4.69, 9.17) is 0 Å². The maximum absolute atomic E-state index is 12.3. The molecule has 0 saturated heterocycles. The standard InChI is InChI=1S/C16H13N5OS/c22-16-19-15-12(10-5-1-2-6-11(10)23-15)14-18-13(20-21(14)16)9-4-3-7-17-8-9/h3-4,7-8H,1-2,5-6H2,(H,19,22). The van der Waals surface area contributed by atoms with Crippen LogP contribution in [-0.2, 0) is 12.8 Å². The molecule has 1 N–H and O–H groups in total. The summed E-state index contributed by atoms with van der Waals surface area (Å²) in [6.07, 6.45) is 7.96. The second kappa shape index (κ2) is 4.73. The van der Waals surface area contributed by atoms with E-state index in [1.807, 2.05) is 12.1 Å². The minimum atomic E-state index is -0.242. The van der Waals surface area contributed by atoms with Crippen molar-refractivity contribution in [2.24, 2.45) is 0 Å². The molecule has 6 nitrogen and oxygen atoms in total. The van der Waals surface area contributed by atoms with Crippen LogP contribution in [0.25, 0.3) is 27.3 Å². The molecule has 4 aromatic heterocycles. The van der Waals surface area contributed by atoms with E-state index < -0.39 is 0 Å². The van der Waals surface area contributed by atoms with Gasteiger partial charge in [-0.3, -0.25) is 9.97 Å². The first-order valence-corrected chi connectivity index (χ1v) is 8.46. The fourth-order valence-electron chi connectivity index (χ4n) is 3.27. The predicted molar refractivity (Wildman–Crippen MR) is 88.9 cm³/mol. The molecule has 0 aliphatic heterocycles. The van der Waals surface area contributed by atoms with E-state index in [1.165, 1.54) is 27.8 Å². The van der Waals surface area contributed by atoms with Gasteiger partial charge in [0.1, 0.15) is 4.83 Å². The second-order valence-corrected chi connectivity index (χ2v) is 6.86. The van der Waals surface area contributed by atoms with E-state index in [9.17, 15) is 4.79 Å². The summed E-state index contributed by atoms with van der Waals surface area (Å²) >= 11 is 1.68. The molecule has 0 amide bonds.